The van der Waals surface area contributed by atoms with E-state index < -0.39 is 15.7 Å². The van der Waals surface area contributed by atoms with E-state index in [4.69, 9.17) is 24.1 Å². The molecule has 0 aromatic carbocycles. The van der Waals surface area contributed by atoms with Crippen molar-refractivity contribution in [1.82, 2.24) is 59.1 Å². The van der Waals surface area contributed by atoms with Gasteiger partial charge in [-0.05, 0) is 52.0 Å². The van der Waals surface area contributed by atoms with Crippen molar-refractivity contribution in [1.29, 1.82) is 3.84 Å². The lowest BCUT2D eigenvalue weighted by atomic mass is 10.3. The summed E-state index contributed by atoms with van der Waals surface area (Å²) in [5.41, 5.74) is 7.41. The minimum atomic E-state index is -1.87. The van der Waals surface area contributed by atoms with Gasteiger partial charge in [0.1, 0.15) is 46.8 Å². The van der Waals surface area contributed by atoms with Crippen LogP contribution < -0.4 is 20.5 Å². The molecule has 6 aromatic heterocycles. The smallest absolute Gasteiger partial charge is 0.342 e. The van der Waals surface area contributed by atoms with Crippen LogP contribution in [0.1, 0.15) is 60.5 Å². The number of methoxy groups -OCH3 is 2. The molecule has 0 saturated heterocycles. The molecule has 1 amide bonds. The number of hydrogen-bond donors (Lipinski definition) is 3. The lowest BCUT2D eigenvalue weighted by molar-refractivity contribution is 0.0693. The molecule has 0 unspecified atom stereocenters. The monoisotopic (exact) mass is 740 g/mol. The highest BCUT2D eigenvalue weighted by Gasteiger charge is 2.18. The van der Waals surface area contributed by atoms with Gasteiger partial charge in [0.2, 0.25) is 11.8 Å². The molecule has 19 nitrogen and oxygen atoms in total. The Morgan fingerprint density at radius 3 is 1.77 bits per heavy atom. The molecule has 0 aliphatic carbocycles. The van der Waals surface area contributed by atoms with Crippen molar-refractivity contribution in [3.05, 3.63) is 72.6 Å². The summed E-state index contributed by atoms with van der Waals surface area (Å²) in [5, 5.41) is 35.2. The van der Waals surface area contributed by atoms with Gasteiger partial charge in [-0.1, -0.05) is 12.1 Å². The summed E-state index contributed by atoms with van der Waals surface area (Å²) < 4.78 is 34.6. The number of aromatic nitrogens is 12. The van der Waals surface area contributed by atoms with Gasteiger partial charge in [-0.2, -0.15) is 9.73 Å². The molecule has 52 heavy (non-hydrogen) atoms. The zero-order chi connectivity index (χ0) is 40.8. The van der Waals surface area contributed by atoms with Gasteiger partial charge >= 0.3 is 5.97 Å². The van der Waals surface area contributed by atoms with Gasteiger partial charge in [0.05, 0.1) is 18.1 Å². The number of hydrogen-bond acceptors (Lipinski definition) is 13. The van der Waals surface area contributed by atoms with Crippen molar-refractivity contribution in [3.63, 3.8) is 0 Å². The van der Waals surface area contributed by atoms with E-state index in [1.54, 1.807) is 51.1 Å². The van der Waals surface area contributed by atoms with E-state index in [0.717, 1.165) is 11.5 Å². The fraction of sp³-hybridized carbons (Fsp3) is 0.312. The number of carboxylic acid groups (broad SMARTS) is 1. The predicted octanol–water partition coefficient (Wildman–Crippen LogP) is 3.60. The van der Waals surface area contributed by atoms with Crippen LogP contribution in [0.4, 0.5) is 11.6 Å². The summed E-state index contributed by atoms with van der Waals surface area (Å²) in [7, 11) is 4.34. The first-order chi connectivity index (χ1) is 26.1. The number of rotatable bonds is 9. The second-order valence-corrected chi connectivity index (χ2v) is 11.4. The third-order valence-electron chi connectivity index (χ3n) is 6.93. The lowest BCUT2D eigenvalue weighted by Gasteiger charge is -2.10. The first-order valence-corrected chi connectivity index (χ1v) is 15.5. The number of carboxylic acids is 1. The third kappa shape index (κ3) is 9.94. The number of nitrogens with one attached hydrogen (secondary N) is 1. The maximum atomic E-state index is 12.5. The summed E-state index contributed by atoms with van der Waals surface area (Å²) in [6, 6.07) is 11.3. The number of carbonyl (C=O) groups is 2. The number of aryl methyl sites for hydroxylation is 2. The van der Waals surface area contributed by atoms with Gasteiger partial charge in [-0.25, -0.2) is 14.8 Å². The fourth-order valence-corrected chi connectivity index (χ4v) is 4.54. The molecule has 0 atom stereocenters. The number of carbonyl (C=O) groups excluding carboxylic acids is 1. The van der Waals surface area contributed by atoms with Gasteiger partial charge in [-0.3, -0.25) is 14.2 Å². The maximum Gasteiger partial charge on any atom is 0.342 e. The van der Waals surface area contributed by atoms with Gasteiger partial charge in [0, 0.05) is 38.6 Å². The number of amides is 1. The van der Waals surface area contributed by atoms with E-state index in [2.05, 4.69) is 59.7 Å². The van der Waals surface area contributed by atoms with Gasteiger partial charge in [-0.15, -0.1) is 30.6 Å². The van der Waals surface area contributed by atoms with Crippen LogP contribution in [0.3, 0.4) is 0 Å². The summed E-state index contributed by atoms with van der Waals surface area (Å²) in [4.78, 5) is 31.6. The zero-order valence-corrected chi connectivity index (χ0v) is 30.8. The van der Waals surface area contributed by atoms with Crippen LogP contribution in [0.5, 0.6) is 11.8 Å². The molecule has 0 radical (unpaired) electrons. The highest BCUT2D eigenvalue weighted by atomic mass is 31.0. The highest BCUT2D eigenvalue weighted by Crippen LogP contribution is 2.22. The molecule has 0 spiro atoms. The molecule has 276 valence electrons. The molecule has 6 rings (SSSR count). The van der Waals surface area contributed by atoms with Crippen molar-refractivity contribution < 1.29 is 24.2 Å². The zero-order valence-electron chi connectivity index (χ0n) is 32.9. The van der Waals surface area contributed by atoms with Gasteiger partial charge < -0.3 is 34.8 Å². The summed E-state index contributed by atoms with van der Waals surface area (Å²) >= 11 is 0. The Morgan fingerprint density at radius 2 is 1.31 bits per heavy atom. The highest BCUT2D eigenvalue weighted by molar-refractivity contribution is 6.92. The molecule has 0 bridgehead atoms. The number of nitrogens with two attached hydrogens (primary N) is 1. The van der Waals surface area contributed by atoms with Gasteiger partial charge in [0.25, 0.3) is 5.91 Å². The Hall–Kier alpha value is -6.23. The van der Waals surface area contributed by atoms with E-state index in [-0.39, 0.29) is 29.3 Å². The minimum absolute atomic E-state index is 0.0787. The quantitative estimate of drug-likeness (QED) is 0.180. The topological polar surface area (TPSA) is 234 Å². The van der Waals surface area contributed by atoms with Crippen LogP contribution in [0.25, 0.3) is 23.0 Å². The average Bonchev–Trinajstić information content (AvgIpc) is 3.94. The SMILES string of the molecule is CC(C)n1cnnc1-c1cccc(N)n1.COc1nn(C)cc1C(=O)Nc1cccc(-c2nncn2C(C)C)n1.COc1nn(C)cc1C(=O)O.[3H]P([3H])[3H]. The standard InChI is InChI=1S/C16H19N7O2.C10H13N5.C6H8N2O3.H3P/c1-10(2)23-9-17-20-14(23)12-6-5-7-13(18-12)19-15(24)11-8-22(3)21-16(11)25-4;1-7(2)15-6-12-14-10(15)8-4-3-5-9(11)13-8;1-8-3-4(6(9)10)5(7-8)11-2;/h5-10H,1-4H3,(H,18,19,24);3-7H,1-2H3,(H2,11,13);3H,1-2H3,(H,9,10);1H3/i;;;1T3. The number of nitrogens with zero attached hydrogens (tertiary/aromatic N) is 12. The van der Waals surface area contributed by atoms with Crippen LogP contribution in [0.15, 0.2) is 61.4 Å². The third-order valence-corrected chi connectivity index (χ3v) is 6.93. The second-order valence-electron chi connectivity index (χ2n) is 11.4. The van der Waals surface area contributed by atoms with Crippen molar-refractivity contribution in [2.45, 2.75) is 39.8 Å². The molecule has 20 heteroatoms. The Balaban J connectivity index is 0.000000229. The van der Waals surface area contributed by atoms with Crippen molar-refractivity contribution in [3.8, 4) is 34.8 Å². The molecule has 6 heterocycles. The predicted molar refractivity (Wildman–Crippen MR) is 197 cm³/mol. The Bertz CT molecular complexity index is 2150. The second kappa shape index (κ2) is 18.1. The van der Waals surface area contributed by atoms with Crippen molar-refractivity contribution in [2.75, 3.05) is 25.3 Å². The van der Waals surface area contributed by atoms with Crippen LogP contribution in [0, 0.1) is 0 Å². The summed E-state index contributed by atoms with van der Waals surface area (Å²) in [6.45, 7) is 8.21. The van der Waals surface area contributed by atoms with Crippen LogP contribution in [-0.4, -0.2) is 94.1 Å². The Labute approximate surface area is 306 Å². The number of anilines is 2. The van der Waals surface area contributed by atoms with Crippen LogP contribution >= 0.6 is 9.73 Å². The van der Waals surface area contributed by atoms with E-state index in [1.807, 2.05) is 41.2 Å². The van der Waals surface area contributed by atoms with Crippen molar-refractivity contribution >= 4 is 33.2 Å². The Morgan fingerprint density at radius 1 is 0.827 bits per heavy atom. The minimum Gasteiger partial charge on any atom is -0.479 e. The number of aromatic carboxylic acids is 1. The molecular weight excluding hydrogens is 691 g/mol. The fourth-order valence-electron chi connectivity index (χ4n) is 4.54. The van der Waals surface area contributed by atoms with Crippen molar-refractivity contribution in [2.24, 2.45) is 14.1 Å². The molecule has 4 N–H and O–H groups in total. The van der Waals surface area contributed by atoms with E-state index in [9.17, 15) is 9.59 Å². The molecule has 6 aromatic rings. The molecule has 0 aliphatic heterocycles. The summed E-state index contributed by atoms with van der Waals surface area (Å²) in [5.74, 6) is 1.31. The first kappa shape index (κ1) is 35.6. The Kier molecular flexibility index (Phi) is 12.4. The van der Waals surface area contributed by atoms with E-state index >= 15 is 0 Å². The van der Waals surface area contributed by atoms with E-state index in [1.165, 1.54) is 29.8 Å². The van der Waals surface area contributed by atoms with Crippen LogP contribution in [0.2, 0.25) is 0 Å². The molecule has 0 fully saturated rings. The number of nitrogen functional groups attached to an aromatic ring is 1. The van der Waals surface area contributed by atoms with Gasteiger partial charge in [0.15, 0.2) is 11.6 Å². The number of ether oxygens (including phenoxy) is 2. The normalized spacial score (nSPS) is 11.2. The summed E-state index contributed by atoms with van der Waals surface area (Å²) in [6.07, 6.45) is 6.34. The first-order valence-electron chi connectivity index (χ1n) is 16.9. The van der Waals surface area contributed by atoms with Crippen LogP contribution in [-0.2, 0) is 14.1 Å². The number of pyridine rings is 2. The lowest BCUT2D eigenvalue weighted by Crippen LogP contribution is -2.13. The van der Waals surface area contributed by atoms with E-state index in [0.29, 0.717) is 34.8 Å². The molecular formula is C32H43N14O5P. The largest absolute Gasteiger partial charge is 0.479 e. The maximum absolute atomic E-state index is 12.5. The molecule has 0 saturated carbocycles. The molecule has 0 aliphatic rings. The average molecular weight is 741 g/mol.